The molecule has 0 aliphatic heterocycles. The van der Waals surface area contributed by atoms with E-state index in [1.807, 2.05) is 0 Å². The molecule has 3 nitrogen and oxygen atoms in total. The van der Waals surface area contributed by atoms with Crippen LogP contribution in [-0.4, -0.2) is 18.5 Å². The maximum atomic E-state index is 12.4. The lowest BCUT2D eigenvalue weighted by atomic mass is 10.2. The van der Waals surface area contributed by atoms with Gasteiger partial charge in [-0.1, -0.05) is 0 Å². The maximum absolute atomic E-state index is 12.4. The summed E-state index contributed by atoms with van der Waals surface area (Å²) in [6, 6.07) is 0.737. The summed E-state index contributed by atoms with van der Waals surface area (Å²) < 4.78 is 69.5. The lowest BCUT2D eigenvalue weighted by molar-refractivity contribution is -0.275. The van der Waals surface area contributed by atoms with E-state index in [-0.39, 0.29) is 5.56 Å². The molecule has 0 aromatic carbocycles. The third-order valence-corrected chi connectivity index (χ3v) is 2.11. The Morgan fingerprint density at radius 1 is 1.39 bits per heavy atom. The first-order valence-electron chi connectivity index (χ1n) is 4.46. The molecule has 0 saturated carbocycles. The van der Waals surface area contributed by atoms with Crippen molar-refractivity contribution in [2.24, 2.45) is 0 Å². The topological polar surface area (TPSA) is 31.4 Å². The standard InChI is InChI=1S/C9H7ClF5NO2/c1-17-8-6(18-9(13,14)15)4(3-10)2-5(16-8)7(11)12/h2,7H,3H2,1H3. The highest BCUT2D eigenvalue weighted by atomic mass is 35.5. The van der Waals surface area contributed by atoms with Gasteiger partial charge in [-0.25, -0.2) is 13.8 Å². The van der Waals surface area contributed by atoms with Gasteiger partial charge in [0.05, 0.1) is 13.0 Å². The Hall–Kier alpha value is -1.31. The fourth-order valence-electron chi connectivity index (χ4n) is 1.16. The molecule has 0 bridgehead atoms. The quantitative estimate of drug-likeness (QED) is 0.626. The molecule has 0 N–H and O–H groups in total. The number of ether oxygens (including phenoxy) is 2. The molecule has 9 heteroatoms. The Kier molecular flexibility index (Phi) is 4.55. The first-order valence-corrected chi connectivity index (χ1v) is 4.99. The van der Waals surface area contributed by atoms with E-state index in [1.165, 1.54) is 0 Å². The van der Waals surface area contributed by atoms with Crippen molar-refractivity contribution in [3.05, 3.63) is 17.3 Å². The van der Waals surface area contributed by atoms with Gasteiger partial charge in [-0.3, -0.25) is 0 Å². The van der Waals surface area contributed by atoms with E-state index in [0.29, 0.717) is 0 Å². The fraction of sp³-hybridized carbons (Fsp3) is 0.444. The van der Waals surface area contributed by atoms with Crippen LogP contribution in [-0.2, 0) is 5.88 Å². The zero-order valence-corrected chi connectivity index (χ0v) is 9.65. The van der Waals surface area contributed by atoms with Crippen LogP contribution < -0.4 is 9.47 Å². The van der Waals surface area contributed by atoms with E-state index < -0.39 is 36.0 Å². The number of nitrogens with zero attached hydrogens (tertiary/aromatic N) is 1. The van der Waals surface area contributed by atoms with Gasteiger partial charge in [0.15, 0.2) is 5.75 Å². The number of methoxy groups -OCH3 is 1. The number of rotatable bonds is 4. The molecule has 0 aliphatic rings. The Labute approximate surface area is 103 Å². The van der Waals surface area contributed by atoms with Gasteiger partial charge in [0.2, 0.25) is 0 Å². The van der Waals surface area contributed by atoms with Crippen molar-refractivity contribution >= 4 is 11.6 Å². The summed E-state index contributed by atoms with van der Waals surface area (Å²) in [5, 5.41) is 0. The molecule has 0 saturated heterocycles. The van der Waals surface area contributed by atoms with Crippen LogP contribution in [0, 0.1) is 0 Å². The Bertz CT molecular complexity index is 399. The maximum Gasteiger partial charge on any atom is 0.573 e. The van der Waals surface area contributed by atoms with E-state index in [0.717, 1.165) is 13.2 Å². The molecule has 1 heterocycles. The molecule has 0 unspecified atom stereocenters. The third kappa shape index (κ3) is 3.59. The third-order valence-electron chi connectivity index (χ3n) is 1.82. The van der Waals surface area contributed by atoms with Crippen LogP contribution >= 0.6 is 11.6 Å². The molecule has 0 radical (unpaired) electrons. The summed E-state index contributed by atoms with van der Waals surface area (Å²) in [5.74, 6) is -1.96. The van der Waals surface area contributed by atoms with Gasteiger partial charge in [0, 0.05) is 5.56 Å². The Morgan fingerprint density at radius 2 is 2.00 bits per heavy atom. The smallest absolute Gasteiger partial charge is 0.478 e. The summed E-state index contributed by atoms with van der Waals surface area (Å²) in [7, 11) is 0.985. The zero-order chi connectivity index (χ0) is 13.9. The van der Waals surface area contributed by atoms with Crippen molar-refractivity contribution in [3.8, 4) is 11.6 Å². The highest BCUT2D eigenvalue weighted by Crippen LogP contribution is 2.37. The molecular formula is C9H7ClF5NO2. The molecule has 102 valence electrons. The number of hydrogen-bond donors (Lipinski definition) is 0. The minimum absolute atomic E-state index is 0.281. The number of halogens is 6. The summed E-state index contributed by atoms with van der Waals surface area (Å²) in [6.07, 6.45) is -7.96. The number of aromatic nitrogens is 1. The van der Waals surface area contributed by atoms with E-state index >= 15 is 0 Å². The molecule has 0 spiro atoms. The largest absolute Gasteiger partial charge is 0.573 e. The van der Waals surface area contributed by atoms with E-state index in [2.05, 4.69) is 14.5 Å². The second kappa shape index (κ2) is 5.55. The Balaban J connectivity index is 3.30. The normalized spacial score (nSPS) is 11.8. The van der Waals surface area contributed by atoms with Crippen molar-refractivity contribution in [1.82, 2.24) is 4.98 Å². The molecule has 1 aromatic heterocycles. The number of pyridine rings is 1. The van der Waals surface area contributed by atoms with Gasteiger partial charge in [-0.15, -0.1) is 24.8 Å². The van der Waals surface area contributed by atoms with E-state index in [1.54, 1.807) is 0 Å². The minimum atomic E-state index is -5.00. The summed E-state index contributed by atoms with van der Waals surface area (Å²) >= 11 is 5.39. The van der Waals surface area contributed by atoms with Crippen molar-refractivity contribution in [2.75, 3.05) is 7.11 Å². The lowest BCUT2D eigenvalue weighted by Gasteiger charge is -2.15. The SMILES string of the molecule is COc1nc(C(F)F)cc(CCl)c1OC(F)(F)F. The van der Waals surface area contributed by atoms with Crippen LogP contribution in [0.2, 0.25) is 0 Å². The highest BCUT2D eigenvalue weighted by Gasteiger charge is 2.34. The molecule has 0 atom stereocenters. The molecule has 1 rings (SSSR count). The summed E-state index contributed by atoms with van der Waals surface area (Å²) in [4.78, 5) is 3.23. The zero-order valence-electron chi connectivity index (χ0n) is 8.89. The predicted octanol–water partition coefficient (Wildman–Crippen LogP) is 3.67. The average Bonchev–Trinajstić information content (AvgIpc) is 2.26. The van der Waals surface area contributed by atoms with Crippen molar-refractivity contribution < 1.29 is 31.4 Å². The highest BCUT2D eigenvalue weighted by molar-refractivity contribution is 6.17. The first kappa shape index (κ1) is 14.7. The average molecular weight is 292 g/mol. The van der Waals surface area contributed by atoms with Crippen molar-refractivity contribution in [2.45, 2.75) is 18.7 Å². The molecule has 1 aromatic rings. The van der Waals surface area contributed by atoms with E-state index in [9.17, 15) is 22.0 Å². The van der Waals surface area contributed by atoms with Crippen LogP contribution in [0.3, 0.4) is 0 Å². The molecular weight excluding hydrogens is 285 g/mol. The van der Waals surface area contributed by atoms with Gasteiger partial charge >= 0.3 is 6.36 Å². The number of alkyl halides is 6. The molecule has 0 fully saturated rings. The molecule has 0 aliphatic carbocycles. The summed E-state index contributed by atoms with van der Waals surface area (Å²) in [5.41, 5.74) is -1.02. The van der Waals surface area contributed by atoms with Gasteiger partial charge < -0.3 is 9.47 Å². The van der Waals surface area contributed by atoms with Crippen molar-refractivity contribution in [3.63, 3.8) is 0 Å². The van der Waals surface area contributed by atoms with Crippen molar-refractivity contribution in [1.29, 1.82) is 0 Å². The number of hydrogen-bond acceptors (Lipinski definition) is 3. The molecule has 18 heavy (non-hydrogen) atoms. The fourth-order valence-corrected chi connectivity index (χ4v) is 1.35. The van der Waals surface area contributed by atoms with Crippen LogP contribution in [0.4, 0.5) is 22.0 Å². The van der Waals surface area contributed by atoms with Gasteiger partial charge in [0.1, 0.15) is 5.69 Å². The van der Waals surface area contributed by atoms with Gasteiger partial charge in [0.25, 0.3) is 12.3 Å². The monoisotopic (exact) mass is 291 g/mol. The second-order valence-corrected chi connectivity index (χ2v) is 3.29. The van der Waals surface area contributed by atoms with Gasteiger partial charge in [-0.05, 0) is 6.07 Å². The second-order valence-electron chi connectivity index (χ2n) is 3.03. The van der Waals surface area contributed by atoms with Crippen LogP contribution in [0.25, 0.3) is 0 Å². The Morgan fingerprint density at radius 3 is 2.39 bits per heavy atom. The van der Waals surface area contributed by atoms with Crippen LogP contribution in [0.5, 0.6) is 11.6 Å². The van der Waals surface area contributed by atoms with E-state index in [4.69, 9.17) is 11.6 Å². The minimum Gasteiger partial charge on any atom is -0.478 e. The van der Waals surface area contributed by atoms with Crippen LogP contribution in [0.15, 0.2) is 6.07 Å². The molecule has 0 amide bonds. The van der Waals surface area contributed by atoms with Crippen LogP contribution in [0.1, 0.15) is 17.7 Å². The summed E-state index contributed by atoms with van der Waals surface area (Å²) in [6.45, 7) is 0. The van der Waals surface area contributed by atoms with Gasteiger partial charge in [-0.2, -0.15) is 0 Å². The first-order chi connectivity index (χ1) is 8.28. The predicted molar refractivity (Wildman–Crippen MR) is 52.0 cm³/mol. The lowest BCUT2D eigenvalue weighted by Crippen LogP contribution is -2.19.